The smallest absolute Gasteiger partial charge is 0.173 e. The van der Waals surface area contributed by atoms with Crippen LogP contribution in [0.15, 0.2) is 15.3 Å². The largest absolute Gasteiger partial charge is 0.243 e. The van der Waals surface area contributed by atoms with E-state index in [1.165, 1.54) is 0 Å². The summed E-state index contributed by atoms with van der Waals surface area (Å²) in [7, 11) is 0. The maximum absolute atomic E-state index is 12.6. The van der Waals surface area contributed by atoms with E-state index >= 15 is 0 Å². The van der Waals surface area contributed by atoms with Gasteiger partial charge in [0.25, 0.3) is 0 Å². The fourth-order valence-corrected chi connectivity index (χ4v) is 1.28. The van der Waals surface area contributed by atoms with Crippen molar-refractivity contribution in [3.8, 4) is 0 Å². The van der Waals surface area contributed by atoms with Gasteiger partial charge >= 0.3 is 0 Å². The highest BCUT2D eigenvalue weighted by Crippen LogP contribution is 2.23. The van der Waals surface area contributed by atoms with Crippen LogP contribution in [0.2, 0.25) is 0 Å². The van der Waals surface area contributed by atoms with E-state index in [0.717, 1.165) is 6.20 Å². The van der Waals surface area contributed by atoms with Gasteiger partial charge in [-0.3, -0.25) is 0 Å². The van der Waals surface area contributed by atoms with Crippen molar-refractivity contribution < 1.29 is 8.78 Å². The Labute approximate surface area is 72.7 Å². The molecule has 0 atom stereocenters. The predicted molar refractivity (Wildman–Crippen MR) is 39.6 cm³/mol. The van der Waals surface area contributed by atoms with Gasteiger partial charge in [-0.2, -0.15) is 0 Å². The molecular weight excluding hydrogens is 272 g/mol. The quantitative estimate of drug-likeness (QED) is 0.662. The first-order valence-corrected chi connectivity index (χ1v) is 3.86. The molecule has 0 unspecified atom stereocenters. The Hall–Kier alpha value is -0.0300. The second-order valence-corrected chi connectivity index (χ2v) is 3.07. The van der Waals surface area contributed by atoms with E-state index < -0.39 is 11.6 Å². The average Bonchev–Trinajstić information content (AvgIpc) is 1.93. The van der Waals surface area contributed by atoms with Crippen LogP contribution in [-0.4, -0.2) is 4.98 Å². The Bertz CT molecular complexity index is 237. The van der Waals surface area contributed by atoms with E-state index in [-0.39, 0.29) is 9.08 Å². The molecule has 54 valence electrons. The van der Waals surface area contributed by atoms with Gasteiger partial charge in [0.2, 0.25) is 0 Å². The molecule has 1 nitrogen and oxygen atoms in total. The molecule has 0 spiro atoms. The van der Waals surface area contributed by atoms with E-state index in [9.17, 15) is 8.78 Å². The van der Waals surface area contributed by atoms with E-state index in [2.05, 4.69) is 36.8 Å². The van der Waals surface area contributed by atoms with E-state index in [4.69, 9.17) is 0 Å². The zero-order chi connectivity index (χ0) is 7.72. The molecular formula is C5HBr2F2N. The monoisotopic (exact) mass is 271 g/mol. The van der Waals surface area contributed by atoms with Gasteiger partial charge in [-0.05, 0) is 31.9 Å². The topological polar surface area (TPSA) is 12.9 Å². The molecule has 0 saturated carbocycles. The van der Waals surface area contributed by atoms with Gasteiger partial charge in [0, 0.05) is 0 Å². The molecule has 5 heteroatoms. The predicted octanol–water partition coefficient (Wildman–Crippen LogP) is 2.88. The van der Waals surface area contributed by atoms with Crippen molar-refractivity contribution in [3.05, 3.63) is 26.9 Å². The average molecular weight is 273 g/mol. The van der Waals surface area contributed by atoms with Crippen LogP contribution < -0.4 is 0 Å². The van der Waals surface area contributed by atoms with Crippen molar-refractivity contribution in [1.82, 2.24) is 4.98 Å². The molecule has 1 rings (SSSR count). The molecule has 1 aromatic heterocycles. The molecule has 0 amide bonds. The van der Waals surface area contributed by atoms with Crippen molar-refractivity contribution in [3.63, 3.8) is 0 Å². The Morgan fingerprint density at radius 3 is 2.40 bits per heavy atom. The lowest BCUT2D eigenvalue weighted by atomic mass is 10.5. The summed E-state index contributed by atoms with van der Waals surface area (Å²) in [5.41, 5.74) is 0. The summed E-state index contributed by atoms with van der Waals surface area (Å²) in [6.07, 6.45) is 0.928. The Morgan fingerprint density at radius 1 is 1.30 bits per heavy atom. The van der Waals surface area contributed by atoms with Gasteiger partial charge in [0.1, 0.15) is 4.60 Å². The summed E-state index contributed by atoms with van der Waals surface area (Å²) in [6, 6.07) is 0. The standard InChI is InChI=1S/C5HBr2F2N/c6-3-2(8)1-10-5(7)4(3)9/h1H. The highest BCUT2D eigenvalue weighted by molar-refractivity contribution is 9.11. The van der Waals surface area contributed by atoms with Crippen molar-refractivity contribution in [1.29, 1.82) is 0 Å². The maximum atomic E-state index is 12.6. The third-order valence-electron chi connectivity index (χ3n) is 0.875. The minimum absolute atomic E-state index is 0.000718. The van der Waals surface area contributed by atoms with Gasteiger partial charge in [0.15, 0.2) is 11.6 Å². The van der Waals surface area contributed by atoms with Crippen molar-refractivity contribution >= 4 is 31.9 Å². The molecule has 0 bridgehead atoms. The highest BCUT2D eigenvalue weighted by Gasteiger charge is 2.09. The Balaban J connectivity index is 3.34. The van der Waals surface area contributed by atoms with Crippen LogP contribution >= 0.6 is 31.9 Å². The summed E-state index contributed by atoms with van der Waals surface area (Å²) in [5, 5.41) is 0. The normalized spacial score (nSPS) is 10.0. The van der Waals surface area contributed by atoms with Gasteiger partial charge < -0.3 is 0 Å². The zero-order valence-electron chi connectivity index (χ0n) is 4.54. The molecule has 1 aromatic rings. The van der Waals surface area contributed by atoms with Crippen LogP contribution in [0, 0.1) is 11.6 Å². The lowest BCUT2D eigenvalue weighted by Crippen LogP contribution is -1.88. The lowest BCUT2D eigenvalue weighted by molar-refractivity contribution is 0.555. The van der Waals surface area contributed by atoms with Crippen LogP contribution in [0.1, 0.15) is 0 Å². The first kappa shape index (κ1) is 8.07. The van der Waals surface area contributed by atoms with Crippen LogP contribution in [0.25, 0.3) is 0 Å². The second-order valence-electron chi connectivity index (χ2n) is 1.52. The fraction of sp³-hybridized carbons (Fsp3) is 0. The minimum Gasteiger partial charge on any atom is -0.243 e. The summed E-state index contributed by atoms with van der Waals surface area (Å²) in [5.74, 6) is -1.43. The molecule has 10 heavy (non-hydrogen) atoms. The summed E-state index contributed by atoms with van der Waals surface area (Å²) >= 11 is 5.51. The summed E-state index contributed by atoms with van der Waals surface area (Å²) in [4.78, 5) is 3.38. The van der Waals surface area contributed by atoms with Gasteiger partial charge in [-0.25, -0.2) is 13.8 Å². The number of pyridine rings is 1. The lowest BCUT2D eigenvalue weighted by Gasteiger charge is -1.95. The number of aromatic nitrogens is 1. The van der Waals surface area contributed by atoms with Gasteiger partial charge in [-0.1, -0.05) is 0 Å². The maximum Gasteiger partial charge on any atom is 0.173 e. The zero-order valence-corrected chi connectivity index (χ0v) is 7.71. The van der Waals surface area contributed by atoms with Crippen molar-refractivity contribution in [2.45, 2.75) is 0 Å². The molecule has 0 aliphatic heterocycles. The number of nitrogens with zero attached hydrogens (tertiary/aromatic N) is 1. The SMILES string of the molecule is Fc1cnc(Br)c(F)c1Br. The van der Waals surface area contributed by atoms with Crippen LogP contribution in [-0.2, 0) is 0 Å². The molecule has 1 heterocycles. The minimum atomic E-state index is -0.722. The van der Waals surface area contributed by atoms with Crippen LogP contribution in [0.3, 0.4) is 0 Å². The summed E-state index contributed by atoms with van der Waals surface area (Å²) in [6.45, 7) is 0. The van der Waals surface area contributed by atoms with Gasteiger partial charge in [-0.15, -0.1) is 0 Å². The number of halogens is 4. The molecule has 0 N–H and O–H groups in total. The molecule has 0 fully saturated rings. The number of hydrogen-bond acceptors (Lipinski definition) is 1. The third kappa shape index (κ3) is 1.34. The van der Waals surface area contributed by atoms with Gasteiger partial charge in [0.05, 0.1) is 10.7 Å². The molecule has 0 radical (unpaired) electrons. The first-order chi connectivity index (χ1) is 4.63. The highest BCUT2D eigenvalue weighted by atomic mass is 79.9. The molecule has 0 aliphatic rings. The van der Waals surface area contributed by atoms with Crippen LogP contribution in [0.4, 0.5) is 8.78 Å². The van der Waals surface area contributed by atoms with E-state index in [1.807, 2.05) is 0 Å². The number of rotatable bonds is 0. The fourth-order valence-electron chi connectivity index (χ4n) is 0.422. The van der Waals surface area contributed by atoms with Crippen molar-refractivity contribution in [2.75, 3.05) is 0 Å². The Morgan fingerprint density at radius 2 is 1.90 bits per heavy atom. The first-order valence-electron chi connectivity index (χ1n) is 2.28. The second kappa shape index (κ2) is 2.92. The van der Waals surface area contributed by atoms with E-state index in [1.54, 1.807) is 0 Å². The molecule has 0 aromatic carbocycles. The Kier molecular flexibility index (Phi) is 2.36. The summed E-state index contributed by atoms with van der Waals surface area (Å²) < 4.78 is 24.8. The van der Waals surface area contributed by atoms with E-state index in [0.29, 0.717) is 0 Å². The van der Waals surface area contributed by atoms with Crippen molar-refractivity contribution in [2.24, 2.45) is 0 Å². The molecule has 0 saturated heterocycles. The number of hydrogen-bond donors (Lipinski definition) is 0. The van der Waals surface area contributed by atoms with Crippen LogP contribution in [0.5, 0.6) is 0 Å². The third-order valence-corrected chi connectivity index (χ3v) is 2.15. The molecule has 0 aliphatic carbocycles.